The van der Waals surface area contributed by atoms with Crippen molar-refractivity contribution < 1.29 is 4.39 Å². The molecule has 0 unspecified atom stereocenters. The van der Waals surface area contributed by atoms with Gasteiger partial charge in [-0.15, -0.1) is 0 Å². The molecule has 0 N–H and O–H groups in total. The lowest BCUT2D eigenvalue weighted by atomic mass is 9.85. The highest BCUT2D eigenvalue weighted by atomic mass is 19.1. The van der Waals surface area contributed by atoms with E-state index in [1.54, 1.807) is 0 Å². The van der Waals surface area contributed by atoms with Crippen molar-refractivity contribution in [2.45, 2.75) is 44.7 Å². The van der Waals surface area contributed by atoms with Crippen LogP contribution in [0.25, 0.3) is 0 Å². The Balaban J connectivity index is 2.13. The molecule has 0 heterocycles. The van der Waals surface area contributed by atoms with E-state index >= 15 is 0 Å². The predicted octanol–water partition coefficient (Wildman–Crippen LogP) is 3.13. The predicted molar refractivity (Wildman–Crippen MR) is 41.4 cm³/mol. The first kappa shape index (κ1) is 8.03. The van der Waals surface area contributed by atoms with Crippen molar-refractivity contribution in [3.05, 3.63) is 6.92 Å². The molecule has 10 heavy (non-hydrogen) atoms. The Bertz CT molecular complexity index is 82.7. The fourth-order valence-corrected chi connectivity index (χ4v) is 1.70. The van der Waals surface area contributed by atoms with Gasteiger partial charge in [-0.05, 0) is 31.6 Å². The number of hydrogen-bond donors (Lipinski definition) is 0. The molecule has 0 aliphatic heterocycles. The average molecular weight is 143 g/mol. The zero-order valence-electron chi connectivity index (χ0n) is 6.48. The smallest absolute Gasteiger partial charge is 0.100 e. The molecule has 1 fully saturated rings. The molecule has 1 aliphatic carbocycles. The molecule has 0 spiro atoms. The summed E-state index contributed by atoms with van der Waals surface area (Å²) in [4.78, 5) is 0. The van der Waals surface area contributed by atoms with Crippen molar-refractivity contribution in [3.8, 4) is 0 Å². The van der Waals surface area contributed by atoms with Crippen molar-refractivity contribution in [1.29, 1.82) is 0 Å². The third-order valence-corrected chi connectivity index (χ3v) is 2.39. The minimum Gasteiger partial charge on any atom is -0.247 e. The molecular weight excluding hydrogens is 127 g/mol. The molecule has 1 saturated carbocycles. The molecule has 0 aromatic carbocycles. The molecule has 0 nitrogen and oxygen atoms in total. The minimum absolute atomic E-state index is 0.499. The summed E-state index contributed by atoms with van der Waals surface area (Å²) in [6.45, 7) is 3.81. The van der Waals surface area contributed by atoms with Crippen molar-refractivity contribution in [3.63, 3.8) is 0 Å². The van der Waals surface area contributed by atoms with Gasteiger partial charge in [0.25, 0.3) is 0 Å². The molecule has 0 aromatic rings. The van der Waals surface area contributed by atoms with Crippen LogP contribution in [0.2, 0.25) is 0 Å². The fourth-order valence-electron chi connectivity index (χ4n) is 1.70. The SMILES string of the molecule is [CH2]CCC1CCC(F)CC1. The normalized spacial score (nSPS) is 34.2. The Morgan fingerprint density at radius 3 is 2.30 bits per heavy atom. The molecule has 1 aliphatic rings. The van der Waals surface area contributed by atoms with Crippen LogP contribution >= 0.6 is 0 Å². The summed E-state index contributed by atoms with van der Waals surface area (Å²) < 4.78 is 12.6. The van der Waals surface area contributed by atoms with Gasteiger partial charge in [0.05, 0.1) is 0 Å². The third kappa shape index (κ3) is 2.28. The van der Waals surface area contributed by atoms with Gasteiger partial charge in [0.1, 0.15) is 6.17 Å². The molecule has 1 heteroatoms. The zero-order valence-corrected chi connectivity index (χ0v) is 6.48. The fraction of sp³-hybridized carbons (Fsp3) is 0.889. The van der Waals surface area contributed by atoms with E-state index in [0.717, 1.165) is 38.0 Å². The van der Waals surface area contributed by atoms with Crippen LogP contribution in [-0.4, -0.2) is 6.17 Å². The number of halogens is 1. The van der Waals surface area contributed by atoms with Crippen molar-refractivity contribution in [2.24, 2.45) is 5.92 Å². The monoisotopic (exact) mass is 143 g/mol. The standard InChI is InChI=1S/C9H16F/c1-2-3-8-4-6-9(10)7-5-8/h8-9H,1-7H2. The first-order valence-electron chi connectivity index (χ1n) is 4.26. The van der Waals surface area contributed by atoms with Crippen LogP contribution < -0.4 is 0 Å². The molecular formula is C9H16F. The Hall–Kier alpha value is -0.0700. The van der Waals surface area contributed by atoms with E-state index in [0.29, 0.717) is 0 Å². The summed E-state index contributed by atoms with van der Waals surface area (Å²) >= 11 is 0. The lowest BCUT2D eigenvalue weighted by molar-refractivity contribution is 0.202. The first-order valence-corrected chi connectivity index (χ1v) is 4.26. The Labute approximate surface area is 62.8 Å². The summed E-state index contributed by atoms with van der Waals surface area (Å²) in [5.41, 5.74) is 0. The minimum atomic E-state index is -0.499. The maximum atomic E-state index is 12.6. The highest BCUT2D eigenvalue weighted by Crippen LogP contribution is 2.28. The lowest BCUT2D eigenvalue weighted by Gasteiger charge is -2.23. The third-order valence-electron chi connectivity index (χ3n) is 2.39. The highest BCUT2D eigenvalue weighted by Gasteiger charge is 2.19. The van der Waals surface area contributed by atoms with Gasteiger partial charge in [0.15, 0.2) is 0 Å². The van der Waals surface area contributed by atoms with Crippen LogP contribution in [0.4, 0.5) is 4.39 Å². The summed E-state index contributed by atoms with van der Waals surface area (Å²) in [7, 11) is 0. The van der Waals surface area contributed by atoms with Gasteiger partial charge in [-0.25, -0.2) is 4.39 Å². The van der Waals surface area contributed by atoms with E-state index in [2.05, 4.69) is 6.92 Å². The van der Waals surface area contributed by atoms with Gasteiger partial charge in [0.2, 0.25) is 0 Å². The van der Waals surface area contributed by atoms with Crippen molar-refractivity contribution in [1.82, 2.24) is 0 Å². The molecule has 1 rings (SSSR count). The molecule has 59 valence electrons. The second-order valence-corrected chi connectivity index (χ2v) is 3.26. The Morgan fingerprint density at radius 1 is 1.20 bits per heavy atom. The van der Waals surface area contributed by atoms with Gasteiger partial charge in [-0.1, -0.05) is 19.8 Å². The van der Waals surface area contributed by atoms with E-state index in [9.17, 15) is 4.39 Å². The molecule has 1 radical (unpaired) electrons. The van der Waals surface area contributed by atoms with E-state index in [1.165, 1.54) is 6.42 Å². The molecule has 0 atom stereocenters. The number of rotatable bonds is 2. The van der Waals surface area contributed by atoms with Gasteiger partial charge < -0.3 is 0 Å². The van der Waals surface area contributed by atoms with Crippen molar-refractivity contribution >= 4 is 0 Å². The van der Waals surface area contributed by atoms with E-state index < -0.39 is 6.17 Å². The van der Waals surface area contributed by atoms with E-state index in [4.69, 9.17) is 0 Å². The van der Waals surface area contributed by atoms with Crippen LogP contribution in [0.3, 0.4) is 0 Å². The maximum Gasteiger partial charge on any atom is 0.100 e. The summed E-state index contributed by atoms with van der Waals surface area (Å²) in [5, 5.41) is 0. The maximum absolute atomic E-state index is 12.6. The van der Waals surface area contributed by atoms with Crippen LogP contribution in [-0.2, 0) is 0 Å². The first-order chi connectivity index (χ1) is 4.83. The van der Waals surface area contributed by atoms with Crippen LogP contribution in [0.5, 0.6) is 0 Å². The molecule has 0 aromatic heterocycles. The van der Waals surface area contributed by atoms with Crippen LogP contribution in [0, 0.1) is 12.8 Å². The quantitative estimate of drug-likeness (QED) is 0.557. The topological polar surface area (TPSA) is 0 Å². The van der Waals surface area contributed by atoms with E-state index in [1.807, 2.05) is 0 Å². The number of alkyl halides is 1. The van der Waals surface area contributed by atoms with Gasteiger partial charge >= 0.3 is 0 Å². The summed E-state index contributed by atoms with van der Waals surface area (Å²) in [6, 6.07) is 0. The molecule has 0 bridgehead atoms. The van der Waals surface area contributed by atoms with Crippen molar-refractivity contribution in [2.75, 3.05) is 0 Å². The van der Waals surface area contributed by atoms with E-state index in [-0.39, 0.29) is 0 Å². The molecule has 0 amide bonds. The lowest BCUT2D eigenvalue weighted by Crippen LogP contribution is -2.14. The summed E-state index contributed by atoms with van der Waals surface area (Å²) in [5.74, 6) is 0.782. The second-order valence-electron chi connectivity index (χ2n) is 3.26. The van der Waals surface area contributed by atoms with Gasteiger partial charge in [-0.2, -0.15) is 0 Å². The van der Waals surface area contributed by atoms with Gasteiger partial charge in [-0.3, -0.25) is 0 Å². The Kier molecular flexibility index (Phi) is 3.17. The molecule has 0 saturated heterocycles. The zero-order chi connectivity index (χ0) is 7.40. The van der Waals surface area contributed by atoms with Crippen LogP contribution in [0.1, 0.15) is 38.5 Å². The largest absolute Gasteiger partial charge is 0.247 e. The average Bonchev–Trinajstić information content (AvgIpc) is 1.95. The highest BCUT2D eigenvalue weighted by molar-refractivity contribution is 4.71. The number of hydrogen-bond acceptors (Lipinski definition) is 0. The van der Waals surface area contributed by atoms with Gasteiger partial charge in [0, 0.05) is 0 Å². The van der Waals surface area contributed by atoms with Crippen LogP contribution in [0.15, 0.2) is 0 Å². The second kappa shape index (κ2) is 3.95. The summed E-state index contributed by atoms with van der Waals surface area (Å²) in [6.07, 6.45) is 5.50. The Morgan fingerprint density at radius 2 is 1.80 bits per heavy atom.